The first-order valence-electron chi connectivity index (χ1n) is 14.4. The average Bonchev–Trinajstić information content (AvgIpc) is 3.55. The molecule has 38 heavy (non-hydrogen) atoms. The summed E-state index contributed by atoms with van der Waals surface area (Å²) < 4.78 is 1.93. The van der Waals surface area contributed by atoms with E-state index in [0.29, 0.717) is 17.9 Å². The molecule has 2 saturated heterocycles. The first-order valence-corrected chi connectivity index (χ1v) is 14.4. The highest BCUT2D eigenvalue weighted by Gasteiger charge is 2.38. The van der Waals surface area contributed by atoms with Crippen LogP contribution in [-0.2, 0) is 4.79 Å². The zero-order valence-corrected chi connectivity index (χ0v) is 22.6. The molecule has 2 N–H and O–H groups in total. The van der Waals surface area contributed by atoms with Crippen LogP contribution in [0.2, 0.25) is 0 Å². The Labute approximate surface area is 225 Å². The lowest BCUT2D eigenvalue weighted by Gasteiger charge is -2.33. The Morgan fingerprint density at radius 1 is 0.895 bits per heavy atom. The number of likely N-dealkylation sites (tertiary alicyclic amines) is 2. The van der Waals surface area contributed by atoms with Gasteiger partial charge in [0.2, 0.25) is 0 Å². The van der Waals surface area contributed by atoms with E-state index < -0.39 is 5.97 Å². The molecule has 1 aromatic heterocycles. The SMILES string of the molecule is CN1CCC(n2c(=O)[nH]c3ccccc32)CC1.O=C(O)[C@@H](C1CCCCC1)N1CC[C@@H](c2ccccc2)C1. The summed E-state index contributed by atoms with van der Waals surface area (Å²) in [7, 11) is 2.13. The predicted octanol–water partition coefficient (Wildman–Crippen LogP) is 5.11. The number of aliphatic carboxylic acids is 1. The third-order valence-corrected chi connectivity index (χ3v) is 8.91. The number of nitrogens with zero attached hydrogens (tertiary/aromatic N) is 3. The normalized spacial score (nSPS) is 22.7. The highest BCUT2D eigenvalue weighted by molar-refractivity contribution is 5.75. The molecule has 0 amide bonds. The molecule has 0 radical (unpaired) electrons. The van der Waals surface area contributed by atoms with Gasteiger partial charge in [-0.3, -0.25) is 14.3 Å². The van der Waals surface area contributed by atoms with Crippen LogP contribution in [0.25, 0.3) is 11.0 Å². The smallest absolute Gasteiger partial charge is 0.326 e. The Morgan fingerprint density at radius 3 is 2.29 bits per heavy atom. The summed E-state index contributed by atoms with van der Waals surface area (Å²) in [6.45, 7) is 3.96. The van der Waals surface area contributed by atoms with Gasteiger partial charge < -0.3 is 15.0 Å². The number of fused-ring (bicyclic) bond motifs is 1. The van der Waals surface area contributed by atoms with Gasteiger partial charge in [-0.2, -0.15) is 0 Å². The Morgan fingerprint density at radius 2 is 1.58 bits per heavy atom. The van der Waals surface area contributed by atoms with Crippen LogP contribution < -0.4 is 5.69 Å². The van der Waals surface area contributed by atoms with Crippen LogP contribution in [-0.4, -0.2) is 69.7 Å². The number of carboxylic acid groups (broad SMARTS) is 1. The minimum absolute atomic E-state index is 0.0285. The topological polar surface area (TPSA) is 81.6 Å². The van der Waals surface area contributed by atoms with E-state index in [2.05, 4.69) is 46.1 Å². The lowest BCUT2D eigenvalue weighted by molar-refractivity contribution is -0.145. The molecular weight excluding hydrogens is 476 g/mol. The number of imidazole rings is 1. The van der Waals surface area contributed by atoms with E-state index in [-0.39, 0.29) is 11.7 Å². The summed E-state index contributed by atoms with van der Waals surface area (Å²) in [6.07, 6.45) is 9.04. The van der Waals surface area contributed by atoms with E-state index in [1.54, 1.807) is 0 Å². The highest BCUT2D eigenvalue weighted by atomic mass is 16.4. The van der Waals surface area contributed by atoms with Crippen molar-refractivity contribution >= 4 is 17.0 Å². The number of aromatic nitrogens is 2. The molecule has 7 nitrogen and oxygen atoms in total. The Hall–Kier alpha value is -2.90. The molecule has 0 unspecified atom stereocenters. The van der Waals surface area contributed by atoms with Gasteiger partial charge in [-0.15, -0.1) is 0 Å². The first-order chi connectivity index (χ1) is 18.5. The van der Waals surface area contributed by atoms with E-state index >= 15 is 0 Å². The zero-order chi connectivity index (χ0) is 26.5. The number of benzene rings is 2. The molecule has 1 aliphatic carbocycles. The molecule has 6 rings (SSSR count). The summed E-state index contributed by atoms with van der Waals surface area (Å²) in [5.41, 5.74) is 3.36. The average molecular weight is 519 g/mol. The van der Waals surface area contributed by atoms with Crippen molar-refractivity contribution in [1.82, 2.24) is 19.4 Å². The van der Waals surface area contributed by atoms with Gasteiger partial charge in [0.15, 0.2) is 0 Å². The molecule has 7 heteroatoms. The van der Waals surface area contributed by atoms with Crippen LogP contribution in [0.15, 0.2) is 59.4 Å². The number of para-hydroxylation sites is 2. The second-order valence-electron chi connectivity index (χ2n) is 11.4. The second kappa shape index (κ2) is 12.3. The summed E-state index contributed by atoms with van der Waals surface area (Å²) >= 11 is 0. The Balaban J connectivity index is 0.000000158. The van der Waals surface area contributed by atoms with E-state index in [0.717, 1.165) is 69.3 Å². The highest BCUT2D eigenvalue weighted by Crippen LogP contribution is 2.34. The van der Waals surface area contributed by atoms with Crippen LogP contribution in [0.3, 0.4) is 0 Å². The van der Waals surface area contributed by atoms with E-state index in [1.807, 2.05) is 34.9 Å². The molecule has 3 aromatic rings. The zero-order valence-electron chi connectivity index (χ0n) is 22.6. The largest absolute Gasteiger partial charge is 0.480 e. The van der Waals surface area contributed by atoms with Gasteiger partial charge in [0, 0.05) is 12.6 Å². The maximum absolute atomic E-state index is 12.0. The third kappa shape index (κ3) is 6.05. The molecule has 2 aliphatic heterocycles. The summed E-state index contributed by atoms with van der Waals surface area (Å²) in [5.74, 6) is 0.234. The Kier molecular flexibility index (Phi) is 8.65. The standard InChI is InChI=1S/C18H25NO2.C13H17N3O/c20-18(21)17(15-9-5-2-6-10-15)19-12-11-16(13-19)14-7-3-1-4-8-14;1-15-8-6-10(7-9-15)16-12-5-3-2-4-11(12)14-13(16)17/h1,3-4,7-8,15-17H,2,5-6,9-13H2,(H,20,21);2-5,10H,6-9H2,1H3,(H,14,17)/t16-,17-;/m1./s1. The van der Waals surface area contributed by atoms with Gasteiger partial charge in [-0.05, 0) is 88.3 Å². The van der Waals surface area contributed by atoms with Gasteiger partial charge in [0.05, 0.1) is 11.0 Å². The van der Waals surface area contributed by atoms with Crippen molar-refractivity contribution in [1.29, 1.82) is 0 Å². The van der Waals surface area contributed by atoms with Crippen molar-refractivity contribution < 1.29 is 9.90 Å². The van der Waals surface area contributed by atoms with Crippen molar-refractivity contribution in [2.75, 3.05) is 33.2 Å². The van der Waals surface area contributed by atoms with Crippen molar-refractivity contribution in [2.24, 2.45) is 5.92 Å². The fraction of sp³-hybridized carbons (Fsp3) is 0.548. The van der Waals surface area contributed by atoms with Crippen molar-refractivity contribution in [3.05, 3.63) is 70.6 Å². The minimum Gasteiger partial charge on any atom is -0.480 e. The maximum atomic E-state index is 12.0. The summed E-state index contributed by atoms with van der Waals surface area (Å²) in [6, 6.07) is 18.5. The van der Waals surface area contributed by atoms with Crippen LogP contribution in [0, 0.1) is 5.92 Å². The third-order valence-electron chi connectivity index (χ3n) is 8.91. The molecule has 2 atom stereocenters. The van der Waals surface area contributed by atoms with Crippen LogP contribution in [0.5, 0.6) is 0 Å². The fourth-order valence-corrected chi connectivity index (χ4v) is 6.83. The number of hydrogen-bond acceptors (Lipinski definition) is 4. The number of aromatic amines is 1. The fourth-order valence-electron chi connectivity index (χ4n) is 6.83. The molecule has 0 bridgehead atoms. The van der Waals surface area contributed by atoms with Crippen molar-refractivity contribution in [2.45, 2.75) is 69.4 Å². The number of rotatable bonds is 5. The molecule has 1 saturated carbocycles. The van der Waals surface area contributed by atoms with Gasteiger partial charge in [-0.1, -0.05) is 61.7 Å². The number of H-pyrrole nitrogens is 1. The minimum atomic E-state index is -0.615. The van der Waals surface area contributed by atoms with Gasteiger partial charge >= 0.3 is 11.7 Å². The number of nitrogens with one attached hydrogen (secondary N) is 1. The number of hydrogen-bond donors (Lipinski definition) is 2. The lowest BCUT2D eigenvalue weighted by Crippen LogP contribution is -2.45. The second-order valence-corrected chi connectivity index (χ2v) is 11.4. The quantitative estimate of drug-likeness (QED) is 0.491. The van der Waals surface area contributed by atoms with E-state index in [4.69, 9.17) is 0 Å². The maximum Gasteiger partial charge on any atom is 0.326 e. The monoisotopic (exact) mass is 518 g/mol. The molecule has 204 valence electrons. The number of piperidine rings is 1. The van der Waals surface area contributed by atoms with Crippen LogP contribution in [0.1, 0.15) is 68.9 Å². The van der Waals surface area contributed by atoms with Gasteiger partial charge in [0.25, 0.3) is 0 Å². The van der Waals surface area contributed by atoms with Crippen LogP contribution in [0.4, 0.5) is 0 Å². The lowest BCUT2D eigenvalue weighted by atomic mass is 9.83. The van der Waals surface area contributed by atoms with Crippen molar-refractivity contribution in [3.63, 3.8) is 0 Å². The molecule has 3 aliphatic rings. The van der Waals surface area contributed by atoms with Gasteiger partial charge in [-0.25, -0.2) is 4.79 Å². The molecule has 0 spiro atoms. The number of carbonyl (C=O) groups is 1. The van der Waals surface area contributed by atoms with Gasteiger partial charge in [0.1, 0.15) is 6.04 Å². The van der Waals surface area contributed by atoms with E-state index in [9.17, 15) is 14.7 Å². The van der Waals surface area contributed by atoms with Crippen molar-refractivity contribution in [3.8, 4) is 0 Å². The first kappa shape index (κ1) is 26.7. The summed E-state index contributed by atoms with van der Waals surface area (Å²) in [4.78, 5) is 31.3. The molecule has 3 fully saturated rings. The molecule has 2 aromatic carbocycles. The van der Waals surface area contributed by atoms with E-state index in [1.165, 1.54) is 24.8 Å². The Bertz CT molecular complexity index is 1240. The predicted molar refractivity (Wildman–Crippen MR) is 152 cm³/mol. The summed E-state index contributed by atoms with van der Waals surface area (Å²) in [5, 5.41) is 9.70. The molecule has 3 heterocycles. The van der Waals surface area contributed by atoms with Crippen LogP contribution >= 0.6 is 0 Å². The molecular formula is C31H42N4O3. The number of carboxylic acids is 1.